The van der Waals surface area contributed by atoms with Gasteiger partial charge >= 0.3 is 6.09 Å². The van der Waals surface area contributed by atoms with E-state index in [0.717, 1.165) is 32.4 Å². The number of likely N-dealkylation sites (tertiary alicyclic amines) is 1. The molecule has 1 heterocycles. The lowest BCUT2D eigenvalue weighted by Crippen LogP contribution is -2.54. The van der Waals surface area contributed by atoms with Crippen molar-refractivity contribution in [2.75, 3.05) is 20.1 Å². The lowest BCUT2D eigenvalue weighted by Gasteiger charge is -2.30. The van der Waals surface area contributed by atoms with Gasteiger partial charge in [-0.15, -0.1) is 0 Å². The van der Waals surface area contributed by atoms with Crippen molar-refractivity contribution < 1.29 is 9.53 Å². The minimum absolute atomic E-state index is 0.0324. The zero-order valence-corrected chi connectivity index (χ0v) is 12.5. The van der Waals surface area contributed by atoms with Gasteiger partial charge in [-0.3, -0.25) is 0 Å². The zero-order chi connectivity index (χ0) is 14.3. The normalized spacial score (nSPS) is 27.9. The maximum Gasteiger partial charge on any atom is 0.408 e. The Hall–Kier alpha value is -0.810. The predicted molar refractivity (Wildman–Crippen MR) is 74.9 cm³/mol. The summed E-state index contributed by atoms with van der Waals surface area (Å²) in [5.74, 6) is 0.474. The molecule has 0 bridgehead atoms. The number of rotatable bonds is 3. The molecule has 3 N–H and O–H groups in total. The molecule has 2 fully saturated rings. The van der Waals surface area contributed by atoms with Crippen molar-refractivity contribution in [3.8, 4) is 0 Å². The van der Waals surface area contributed by atoms with Crippen molar-refractivity contribution in [1.82, 2.24) is 10.2 Å². The van der Waals surface area contributed by atoms with Gasteiger partial charge in [-0.25, -0.2) is 4.79 Å². The number of carbonyl (C=O) groups excluding carboxylic acids is 1. The number of alkyl carbamates (subject to hydrolysis) is 1. The first-order valence-corrected chi connectivity index (χ1v) is 7.17. The number of hydrogen-bond donors (Lipinski definition) is 2. The number of carbonyl (C=O) groups is 1. The van der Waals surface area contributed by atoms with Crippen LogP contribution in [0.25, 0.3) is 0 Å². The Kier molecular flexibility index (Phi) is 3.80. The lowest BCUT2D eigenvalue weighted by molar-refractivity contribution is 0.0479. The Morgan fingerprint density at radius 3 is 2.53 bits per heavy atom. The Bertz CT molecular complexity index is 347. The number of amides is 1. The molecule has 2 unspecified atom stereocenters. The molecule has 5 heteroatoms. The van der Waals surface area contributed by atoms with Crippen molar-refractivity contribution in [2.45, 2.75) is 57.2 Å². The summed E-state index contributed by atoms with van der Waals surface area (Å²) in [6.45, 7) is 7.74. The molecule has 2 aliphatic rings. The molecule has 2 atom stereocenters. The maximum absolute atomic E-state index is 11.9. The summed E-state index contributed by atoms with van der Waals surface area (Å²) in [5, 5.41) is 3.01. The monoisotopic (exact) mass is 269 g/mol. The van der Waals surface area contributed by atoms with E-state index in [1.54, 1.807) is 0 Å². The summed E-state index contributed by atoms with van der Waals surface area (Å²) < 4.78 is 5.33. The lowest BCUT2D eigenvalue weighted by atomic mass is 9.91. The highest BCUT2D eigenvalue weighted by atomic mass is 16.6. The predicted octanol–water partition coefficient (Wildman–Crippen LogP) is 1.32. The Balaban J connectivity index is 1.90. The first kappa shape index (κ1) is 14.6. The standard InChI is InChI=1S/C14H27N3O2/c1-13(2,3)19-12(18)16-14(6-7-14)11(15)10-5-8-17(4)9-10/h10-11H,5-9,15H2,1-4H3,(H,16,18). The molecule has 1 aliphatic heterocycles. The first-order valence-electron chi connectivity index (χ1n) is 7.17. The van der Waals surface area contributed by atoms with Crippen molar-refractivity contribution in [1.29, 1.82) is 0 Å². The number of nitrogens with one attached hydrogen (secondary N) is 1. The van der Waals surface area contributed by atoms with Crippen molar-refractivity contribution in [3.05, 3.63) is 0 Å². The first-order chi connectivity index (χ1) is 8.72. The second-order valence-electron chi connectivity index (χ2n) is 7.12. The van der Waals surface area contributed by atoms with Gasteiger partial charge in [0.25, 0.3) is 0 Å². The third-order valence-electron chi connectivity index (χ3n) is 4.11. The van der Waals surface area contributed by atoms with Gasteiger partial charge in [0.2, 0.25) is 0 Å². The third kappa shape index (κ3) is 3.60. The van der Waals surface area contributed by atoms with Crippen LogP contribution in [0.2, 0.25) is 0 Å². The molecule has 0 radical (unpaired) electrons. The molecular weight excluding hydrogens is 242 g/mol. The molecule has 1 saturated heterocycles. The molecular formula is C14H27N3O2. The van der Waals surface area contributed by atoms with Gasteiger partial charge in [0.05, 0.1) is 5.54 Å². The van der Waals surface area contributed by atoms with Crippen LogP contribution >= 0.6 is 0 Å². The average Bonchev–Trinajstić information content (AvgIpc) is 2.89. The van der Waals surface area contributed by atoms with Crippen LogP contribution in [0.1, 0.15) is 40.0 Å². The molecule has 19 heavy (non-hydrogen) atoms. The quantitative estimate of drug-likeness (QED) is 0.811. The van der Waals surface area contributed by atoms with E-state index in [0.29, 0.717) is 5.92 Å². The number of hydrogen-bond acceptors (Lipinski definition) is 4. The molecule has 0 aromatic heterocycles. The summed E-state index contributed by atoms with van der Waals surface area (Å²) in [6, 6.07) is 0.0324. The van der Waals surface area contributed by atoms with E-state index in [2.05, 4.69) is 17.3 Å². The topological polar surface area (TPSA) is 67.6 Å². The summed E-state index contributed by atoms with van der Waals surface area (Å²) in [5.41, 5.74) is 5.71. The summed E-state index contributed by atoms with van der Waals surface area (Å²) in [4.78, 5) is 14.2. The van der Waals surface area contributed by atoms with Crippen molar-refractivity contribution in [2.24, 2.45) is 11.7 Å². The number of nitrogens with two attached hydrogens (primary N) is 1. The Labute approximate surface area is 115 Å². The van der Waals surface area contributed by atoms with E-state index < -0.39 is 5.60 Å². The zero-order valence-electron chi connectivity index (χ0n) is 12.5. The minimum Gasteiger partial charge on any atom is -0.444 e. The highest BCUT2D eigenvalue weighted by molar-refractivity contribution is 5.69. The molecule has 2 rings (SSSR count). The van der Waals surface area contributed by atoms with E-state index in [4.69, 9.17) is 10.5 Å². The van der Waals surface area contributed by atoms with Gasteiger partial charge in [-0.2, -0.15) is 0 Å². The fourth-order valence-electron chi connectivity index (χ4n) is 2.90. The largest absolute Gasteiger partial charge is 0.444 e. The van der Waals surface area contributed by atoms with Gasteiger partial charge in [-0.05, 0) is 59.5 Å². The van der Waals surface area contributed by atoms with Gasteiger partial charge in [0.15, 0.2) is 0 Å². The van der Waals surface area contributed by atoms with Crippen LogP contribution in [0.15, 0.2) is 0 Å². The van der Waals surface area contributed by atoms with E-state index in [9.17, 15) is 4.79 Å². The van der Waals surface area contributed by atoms with Crippen LogP contribution in [0, 0.1) is 5.92 Å². The van der Waals surface area contributed by atoms with E-state index in [1.165, 1.54) is 0 Å². The molecule has 0 aromatic rings. The van der Waals surface area contributed by atoms with E-state index in [1.807, 2.05) is 20.8 Å². The molecule has 5 nitrogen and oxygen atoms in total. The Morgan fingerprint density at radius 1 is 1.47 bits per heavy atom. The van der Waals surface area contributed by atoms with Crippen LogP contribution in [0.4, 0.5) is 4.79 Å². The van der Waals surface area contributed by atoms with Crippen LogP contribution in [-0.4, -0.2) is 48.3 Å². The molecule has 0 spiro atoms. The number of ether oxygens (including phenoxy) is 1. The molecule has 1 amide bonds. The van der Waals surface area contributed by atoms with Crippen molar-refractivity contribution >= 4 is 6.09 Å². The van der Waals surface area contributed by atoms with Crippen LogP contribution < -0.4 is 11.1 Å². The molecule has 110 valence electrons. The molecule has 0 aromatic carbocycles. The van der Waals surface area contributed by atoms with Crippen LogP contribution in [-0.2, 0) is 4.74 Å². The second-order valence-corrected chi connectivity index (χ2v) is 7.12. The van der Waals surface area contributed by atoms with Gasteiger partial charge in [0, 0.05) is 12.6 Å². The van der Waals surface area contributed by atoms with Crippen LogP contribution in [0.5, 0.6) is 0 Å². The van der Waals surface area contributed by atoms with E-state index in [-0.39, 0.29) is 17.7 Å². The molecule has 1 aliphatic carbocycles. The average molecular weight is 269 g/mol. The number of nitrogens with zero attached hydrogens (tertiary/aromatic N) is 1. The van der Waals surface area contributed by atoms with Gasteiger partial charge in [-0.1, -0.05) is 0 Å². The van der Waals surface area contributed by atoms with E-state index >= 15 is 0 Å². The highest BCUT2D eigenvalue weighted by Gasteiger charge is 2.52. The fraction of sp³-hybridized carbons (Fsp3) is 0.929. The highest BCUT2D eigenvalue weighted by Crippen LogP contribution is 2.42. The van der Waals surface area contributed by atoms with Gasteiger partial charge in [0.1, 0.15) is 5.60 Å². The van der Waals surface area contributed by atoms with Crippen molar-refractivity contribution in [3.63, 3.8) is 0 Å². The van der Waals surface area contributed by atoms with Gasteiger partial charge < -0.3 is 20.7 Å². The summed E-state index contributed by atoms with van der Waals surface area (Å²) in [7, 11) is 2.12. The summed E-state index contributed by atoms with van der Waals surface area (Å²) in [6.07, 6.45) is 2.71. The second kappa shape index (κ2) is 4.94. The molecule has 1 saturated carbocycles. The Morgan fingerprint density at radius 2 is 2.11 bits per heavy atom. The van der Waals surface area contributed by atoms with Crippen LogP contribution in [0.3, 0.4) is 0 Å². The SMILES string of the molecule is CN1CCC(C(N)C2(NC(=O)OC(C)(C)C)CC2)C1. The fourth-order valence-corrected chi connectivity index (χ4v) is 2.90. The summed E-state index contributed by atoms with van der Waals surface area (Å²) >= 11 is 0. The third-order valence-corrected chi connectivity index (χ3v) is 4.11. The maximum atomic E-state index is 11.9. The minimum atomic E-state index is -0.460. The smallest absolute Gasteiger partial charge is 0.408 e.